The van der Waals surface area contributed by atoms with E-state index < -0.39 is 16.5 Å². The second kappa shape index (κ2) is 5.90. The third-order valence-corrected chi connectivity index (χ3v) is 5.23. The van der Waals surface area contributed by atoms with Crippen molar-refractivity contribution >= 4 is 33.0 Å². The predicted molar refractivity (Wildman–Crippen MR) is 86.4 cm³/mol. The zero-order chi connectivity index (χ0) is 16.7. The molecule has 4 rings (SSSR count). The van der Waals surface area contributed by atoms with Crippen molar-refractivity contribution in [2.75, 3.05) is 13.1 Å². The lowest BCUT2D eigenvalue weighted by Crippen LogP contribution is -2.35. The Morgan fingerprint density at radius 2 is 2.33 bits per heavy atom. The molecule has 1 fully saturated rings. The number of H-pyrrole nitrogens is 1. The molecular weight excluding hydrogens is 328 g/mol. The first-order valence-electron chi connectivity index (χ1n) is 7.49. The lowest BCUT2D eigenvalue weighted by Gasteiger charge is -2.23. The molecule has 9 heteroatoms. The second-order valence-electron chi connectivity index (χ2n) is 5.76. The summed E-state index contributed by atoms with van der Waals surface area (Å²) in [6.45, 7) is 1.06. The van der Waals surface area contributed by atoms with Gasteiger partial charge in [0, 0.05) is 47.9 Å². The van der Waals surface area contributed by atoms with Gasteiger partial charge in [-0.3, -0.25) is 9.11 Å². The minimum atomic E-state index is -2.44. The van der Waals surface area contributed by atoms with Crippen molar-refractivity contribution in [3.05, 3.63) is 30.2 Å². The van der Waals surface area contributed by atoms with Crippen LogP contribution in [0.1, 0.15) is 18.0 Å². The van der Waals surface area contributed by atoms with Crippen LogP contribution < -0.4 is 0 Å². The van der Waals surface area contributed by atoms with E-state index in [0.29, 0.717) is 18.7 Å². The highest BCUT2D eigenvalue weighted by atomic mass is 32.2. The van der Waals surface area contributed by atoms with Crippen LogP contribution in [-0.2, 0) is 11.1 Å². The Balaban J connectivity index is 1.77. The fourth-order valence-electron chi connectivity index (χ4n) is 3.38. The summed E-state index contributed by atoms with van der Waals surface area (Å²) in [5.74, 6) is 0.0930. The third-order valence-electron chi connectivity index (χ3n) is 4.46. The highest BCUT2D eigenvalue weighted by Crippen LogP contribution is 2.34. The minimum Gasteiger partial charge on any atom is -0.770 e. The largest absolute Gasteiger partial charge is 0.770 e. The molecule has 1 saturated heterocycles. The molecule has 0 aliphatic carbocycles. The number of nitrogens with zero attached hydrogens (tertiary/aromatic N) is 5. The van der Waals surface area contributed by atoms with Crippen molar-refractivity contribution in [1.29, 1.82) is 5.26 Å². The zero-order valence-electron chi connectivity index (χ0n) is 12.5. The lowest BCUT2D eigenvalue weighted by atomic mass is 9.99. The quantitative estimate of drug-likeness (QED) is 0.706. The smallest absolute Gasteiger partial charge is 0.182 e. The maximum Gasteiger partial charge on any atom is 0.182 e. The molecule has 0 bridgehead atoms. The number of hydrogen-bond donors (Lipinski definition) is 1. The van der Waals surface area contributed by atoms with E-state index in [2.05, 4.69) is 20.2 Å². The van der Waals surface area contributed by atoms with E-state index in [1.54, 1.807) is 11.1 Å². The first-order valence-corrected chi connectivity index (χ1v) is 8.63. The van der Waals surface area contributed by atoms with Gasteiger partial charge in [0.2, 0.25) is 0 Å². The molecule has 1 N–H and O–H groups in total. The Morgan fingerprint density at radius 3 is 3.12 bits per heavy atom. The molecule has 3 aromatic rings. The van der Waals surface area contributed by atoms with Gasteiger partial charge in [-0.15, -0.1) is 10.2 Å². The summed E-state index contributed by atoms with van der Waals surface area (Å²) in [4.78, 5) is 9.17. The molecule has 1 aliphatic rings. The first-order chi connectivity index (χ1) is 11.7. The molecule has 3 unspecified atom stereocenters. The molecule has 24 heavy (non-hydrogen) atoms. The molecule has 8 nitrogen and oxygen atoms in total. The van der Waals surface area contributed by atoms with Crippen LogP contribution in [0.15, 0.2) is 24.5 Å². The topological polar surface area (TPSA) is 122 Å². The summed E-state index contributed by atoms with van der Waals surface area (Å²) < 4.78 is 22.4. The van der Waals surface area contributed by atoms with E-state index in [4.69, 9.17) is 5.26 Å². The summed E-state index contributed by atoms with van der Waals surface area (Å²) in [7, 11) is 0. The van der Waals surface area contributed by atoms with Crippen LogP contribution in [0.3, 0.4) is 0 Å². The first kappa shape index (κ1) is 15.1. The van der Waals surface area contributed by atoms with Gasteiger partial charge in [-0.2, -0.15) is 5.26 Å². The summed E-state index contributed by atoms with van der Waals surface area (Å²) in [5.41, 5.74) is 2.34. The minimum absolute atomic E-state index is 0.0930. The Labute approximate surface area is 139 Å². The molecule has 1 aliphatic heterocycles. The van der Waals surface area contributed by atoms with Crippen LogP contribution in [-0.4, -0.2) is 52.3 Å². The summed E-state index contributed by atoms with van der Waals surface area (Å²) in [6.07, 6.45) is 4.27. The predicted octanol–water partition coefficient (Wildman–Crippen LogP) is 1.02. The van der Waals surface area contributed by atoms with Gasteiger partial charge in [-0.25, -0.2) is 4.98 Å². The van der Waals surface area contributed by atoms with Crippen LogP contribution >= 0.6 is 0 Å². The average Bonchev–Trinajstić information content (AvgIpc) is 3.23. The summed E-state index contributed by atoms with van der Waals surface area (Å²) in [5, 5.41) is 18.2. The van der Waals surface area contributed by atoms with Crippen LogP contribution in [0.25, 0.3) is 21.9 Å². The van der Waals surface area contributed by atoms with Gasteiger partial charge in [0.05, 0.1) is 11.6 Å². The van der Waals surface area contributed by atoms with E-state index in [9.17, 15) is 8.76 Å². The number of hydrogen-bond acceptors (Lipinski definition) is 7. The Bertz CT molecular complexity index is 981. The molecule has 3 aromatic heterocycles. The molecule has 0 radical (unpaired) electrons. The highest BCUT2D eigenvalue weighted by molar-refractivity contribution is 7.80. The van der Waals surface area contributed by atoms with Crippen LogP contribution in [0.5, 0.6) is 0 Å². The number of rotatable bonds is 3. The van der Waals surface area contributed by atoms with Gasteiger partial charge < -0.3 is 9.54 Å². The molecule has 0 spiro atoms. The van der Waals surface area contributed by atoms with Crippen molar-refractivity contribution in [2.45, 2.75) is 17.7 Å². The molecule has 0 amide bonds. The van der Waals surface area contributed by atoms with Crippen LogP contribution in [0.2, 0.25) is 0 Å². The number of nitriles is 1. The Hall–Kier alpha value is -2.41. The zero-order valence-corrected chi connectivity index (χ0v) is 13.4. The van der Waals surface area contributed by atoms with Gasteiger partial charge in [-0.05, 0) is 29.6 Å². The summed E-state index contributed by atoms with van der Waals surface area (Å²) in [6, 6.07) is 5.61. The van der Waals surface area contributed by atoms with Gasteiger partial charge in [0.1, 0.15) is 0 Å². The number of likely N-dealkylation sites (tertiary alicyclic amines) is 1. The fourth-order valence-corrected chi connectivity index (χ4v) is 3.90. The standard InChI is InChI=1S/C15H14N6O2S/c16-7-12(24(22)23)21-6-3-9(8-21)14-13-10-1-4-18-15(10)20-19-11(13)2-5-17-14/h1-2,4-5,9,12,17H,3,6,8H2,(H,22,23)/p-1. The van der Waals surface area contributed by atoms with Gasteiger partial charge >= 0.3 is 0 Å². The van der Waals surface area contributed by atoms with E-state index in [-0.39, 0.29) is 5.92 Å². The molecule has 0 saturated carbocycles. The van der Waals surface area contributed by atoms with Crippen molar-refractivity contribution in [2.24, 2.45) is 0 Å². The van der Waals surface area contributed by atoms with Crippen LogP contribution in [0, 0.1) is 11.3 Å². The van der Waals surface area contributed by atoms with Crippen LogP contribution in [0.4, 0.5) is 0 Å². The van der Waals surface area contributed by atoms with E-state index in [0.717, 1.165) is 28.4 Å². The fraction of sp³-hybridized carbons (Fsp3) is 0.333. The maximum atomic E-state index is 11.2. The number of pyridine rings is 1. The van der Waals surface area contributed by atoms with E-state index >= 15 is 0 Å². The second-order valence-corrected chi connectivity index (χ2v) is 6.72. The highest BCUT2D eigenvalue weighted by Gasteiger charge is 2.31. The normalized spacial score (nSPS) is 21.1. The Kier molecular flexibility index (Phi) is 3.72. The third kappa shape index (κ3) is 2.36. The number of aromatic amines is 1. The molecule has 0 aromatic carbocycles. The van der Waals surface area contributed by atoms with Crippen molar-refractivity contribution in [1.82, 2.24) is 25.1 Å². The van der Waals surface area contributed by atoms with Crippen molar-refractivity contribution in [3.63, 3.8) is 0 Å². The number of aromatic nitrogens is 4. The van der Waals surface area contributed by atoms with Gasteiger partial charge in [0.25, 0.3) is 0 Å². The maximum absolute atomic E-state index is 11.2. The SMILES string of the molecule is N#CC(N1CCC(c2[nH]ccc3nnc4nccc4c23)C1)S(=O)[O-]. The lowest BCUT2D eigenvalue weighted by molar-refractivity contribution is 0.333. The van der Waals surface area contributed by atoms with Gasteiger partial charge in [0.15, 0.2) is 11.0 Å². The van der Waals surface area contributed by atoms with E-state index in [1.807, 2.05) is 24.4 Å². The van der Waals surface area contributed by atoms with Crippen molar-refractivity contribution in [3.8, 4) is 6.07 Å². The Morgan fingerprint density at radius 1 is 1.46 bits per heavy atom. The summed E-state index contributed by atoms with van der Waals surface area (Å²) >= 11 is -2.44. The van der Waals surface area contributed by atoms with Gasteiger partial charge in [-0.1, -0.05) is 0 Å². The van der Waals surface area contributed by atoms with Crippen molar-refractivity contribution < 1.29 is 8.76 Å². The number of nitrogens with one attached hydrogen (secondary N) is 1. The molecule has 3 atom stereocenters. The van der Waals surface area contributed by atoms with E-state index in [1.165, 1.54) is 0 Å². The molecular formula is C15H13N6O2S-. The average molecular weight is 341 g/mol. The molecule has 4 heterocycles. The number of fused-ring (bicyclic) bond motifs is 3. The monoisotopic (exact) mass is 341 g/mol. The molecule has 122 valence electrons.